The van der Waals surface area contributed by atoms with E-state index in [1.807, 2.05) is 10.6 Å². The van der Waals surface area contributed by atoms with Crippen molar-refractivity contribution in [2.45, 2.75) is 70.4 Å². The topological polar surface area (TPSA) is 86.3 Å². The quantitative estimate of drug-likeness (QED) is 0.163. The maximum Gasteiger partial charge on any atom is 0.420 e. The number of fused-ring (bicyclic) bond motifs is 2. The Morgan fingerprint density at radius 2 is 1.87 bits per heavy atom. The van der Waals surface area contributed by atoms with Crippen LogP contribution in [0.2, 0.25) is 0 Å². The Morgan fingerprint density at radius 1 is 1.02 bits per heavy atom. The van der Waals surface area contributed by atoms with Crippen LogP contribution in [0.5, 0.6) is 0 Å². The normalized spacial score (nSPS) is 18.2. The molecule has 1 aliphatic heterocycles. The number of aryl methyl sites for hydroxylation is 1. The summed E-state index contributed by atoms with van der Waals surface area (Å²) < 4.78 is 70.4. The van der Waals surface area contributed by atoms with E-state index in [0.29, 0.717) is 34.6 Å². The van der Waals surface area contributed by atoms with Crippen molar-refractivity contribution >= 4 is 17.2 Å². The number of halogens is 4. The smallest absolute Gasteiger partial charge is 0.420 e. The number of rotatable bonds is 8. The lowest BCUT2D eigenvalue weighted by Crippen LogP contribution is -2.33. The molecule has 7 rings (SSSR count). The van der Waals surface area contributed by atoms with Gasteiger partial charge in [0.05, 0.1) is 6.04 Å². The van der Waals surface area contributed by atoms with Gasteiger partial charge in [-0.15, -0.1) is 10.2 Å². The fraction of sp³-hybridized carbons (Fsp3) is 0.333. The predicted molar refractivity (Wildman–Crippen MR) is 157 cm³/mol. The number of oxazole rings is 1. The number of carbonyl (C=O) groups is 1. The van der Waals surface area contributed by atoms with Crippen molar-refractivity contribution in [2.75, 3.05) is 0 Å². The molecule has 1 amide bonds. The van der Waals surface area contributed by atoms with Crippen LogP contribution in [0, 0.1) is 5.82 Å². The summed E-state index contributed by atoms with van der Waals surface area (Å²) in [7, 11) is 0. The lowest BCUT2D eigenvalue weighted by atomic mass is 9.97. The van der Waals surface area contributed by atoms with Gasteiger partial charge in [-0.25, -0.2) is 14.2 Å². The van der Waals surface area contributed by atoms with Gasteiger partial charge in [0.2, 0.25) is 5.89 Å². The molecule has 232 valence electrons. The summed E-state index contributed by atoms with van der Waals surface area (Å²) in [6.45, 7) is 2.72. The van der Waals surface area contributed by atoms with Crippen LogP contribution in [0.25, 0.3) is 45.1 Å². The summed E-state index contributed by atoms with van der Waals surface area (Å²) in [5, 5.41) is 8.29. The number of amides is 1. The zero-order valence-corrected chi connectivity index (χ0v) is 24.4. The van der Waals surface area contributed by atoms with Gasteiger partial charge >= 0.3 is 12.3 Å². The minimum Gasteiger partial charge on any atom is -0.444 e. The number of carbonyl (C=O) groups excluding carboxylic acids is 1. The molecule has 2 aliphatic rings. The highest BCUT2D eigenvalue weighted by Crippen LogP contribution is 2.40. The summed E-state index contributed by atoms with van der Waals surface area (Å²) in [6, 6.07) is 13.8. The van der Waals surface area contributed by atoms with Crippen LogP contribution in [0.4, 0.5) is 22.4 Å². The molecule has 45 heavy (non-hydrogen) atoms. The van der Waals surface area contributed by atoms with E-state index in [2.05, 4.69) is 22.1 Å². The first kappa shape index (κ1) is 29.0. The highest BCUT2D eigenvalue weighted by molar-refractivity contribution is 5.84. The van der Waals surface area contributed by atoms with Crippen molar-refractivity contribution in [3.8, 4) is 34.0 Å². The van der Waals surface area contributed by atoms with Gasteiger partial charge in [0, 0.05) is 24.2 Å². The molecule has 1 aliphatic carbocycles. The van der Waals surface area contributed by atoms with Crippen molar-refractivity contribution in [3.05, 3.63) is 77.9 Å². The van der Waals surface area contributed by atoms with Gasteiger partial charge in [-0.2, -0.15) is 13.2 Å². The van der Waals surface area contributed by atoms with Gasteiger partial charge in [0.15, 0.2) is 11.4 Å². The highest BCUT2D eigenvalue weighted by Gasteiger charge is 2.44. The Labute approximate surface area is 255 Å². The average Bonchev–Trinajstić information content (AvgIpc) is 3.81. The fourth-order valence-electron chi connectivity index (χ4n) is 6.36. The molecule has 3 heterocycles. The van der Waals surface area contributed by atoms with E-state index in [1.54, 1.807) is 30.6 Å². The van der Waals surface area contributed by atoms with Crippen molar-refractivity contribution < 1.29 is 31.5 Å². The first-order valence-corrected chi connectivity index (χ1v) is 15.0. The number of aromatic nitrogens is 4. The minimum atomic E-state index is -4.72. The number of benzene rings is 3. The molecule has 2 aromatic heterocycles. The van der Waals surface area contributed by atoms with Gasteiger partial charge in [0.1, 0.15) is 29.3 Å². The van der Waals surface area contributed by atoms with Crippen LogP contribution in [0.1, 0.15) is 50.2 Å². The average molecular weight is 620 g/mol. The summed E-state index contributed by atoms with van der Waals surface area (Å²) in [6.07, 6.45) is 0.424. The molecule has 1 saturated heterocycles. The van der Waals surface area contributed by atoms with Crippen molar-refractivity contribution in [1.82, 2.24) is 24.6 Å². The summed E-state index contributed by atoms with van der Waals surface area (Å²) in [5.41, 5.74) is 1.28. The first-order chi connectivity index (χ1) is 21.7. The van der Waals surface area contributed by atoms with Crippen LogP contribution in [0.3, 0.4) is 0 Å². The van der Waals surface area contributed by atoms with E-state index in [4.69, 9.17) is 9.15 Å². The van der Waals surface area contributed by atoms with E-state index >= 15 is 0 Å². The maximum absolute atomic E-state index is 14.5. The monoisotopic (exact) mass is 619 g/mol. The third kappa shape index (κ3) is 5.42. The largest absolute Gasteiger partial charge is 0.444 e. The third-order valence-corrected chi connectivity index (χ3v) is 8.52. The van der Waals surface area contributed by atoms with E-state index < -0.39 is 23.7 Å². The van der Waals surface area contributed by atoms with Gasteiger partial charge in [0.25, 0.3) is 0 Å². The molecule has 5 aromatic rings. The highest BCUT2D eigenvalue weighted by atomic mass is 19.4. The van der Waals surface area contributed by atoms with Gasteiger partial charge in [-0.05, 0) is 78.8 Å². The second kappa shape index (κ2) is 11.3. The number of alkyl halides is 3. The molecule has 12 heteroatoms. The van der Waals surface area contributed by atoms with Gasteiger partial charge < -0.3 is 13.7 Å². The molecule has 3 aromatic carbocycles. The molecule has 0 spiro atoms. The molecular formula is C33H29F4N5O3. The molecule has 2 atom stereocenters. The number of unbranched alkanes of at least 4 members (excludes halogenated alkanes) is 1. The fourth-order valence-corrected chi connectivity index (χ4v) is 6.36. The lowest BCUT2D eigenvalue weighted by molar-refractivity contribution is -0.136. The molecule has 0 unspecified atom stereocenters. The summed E-state index contributed by atoms with van der Waals surface area (Å²) in [4.78, 5) is 18.4. The van der Waals surface area contributed by atoms with Gasteiger partial charge in [-0.3, -0.25) is 4.90 Å². The number of hydrogen-bond donors (Lipinski definition) is 0. The van der Waals surface area contributed by atoms with Crippen LogP contribution >= 0.6 is 0 Å². The Bertz CT molecular complexity index is 1900. The minimum absolute atomic E-state index is 0.000661. The van der Waals surface area contributed by atoms with Crippen LogP contribution in [-0.2, 0) is 24.0 Å². The predicted octanol–water partition coefficient (Wildman–Crippen LogP) is 8.25. The number of nitrogens with zero attached hydrogens (tertiary/aromatic N) is 5. The van der Waals surface area contributed by atoms with E-state index in [0.717, 1.165) is 38.2 Å². The summed E-state index contributed by atoms with van der Waals surface area (Å²) in [5.74, 6) is 0.0779. The Kier molecular flexibility index (Phi) is 7.29. The Morgan fingerprint density at radius 3 is 2.69 bits per heavy atom. The molecular weight excluding hydrogens is 590 g/mol. The molecule has 2 fully saturated rings. The Hall–Kier alpha value is -4.74. The molecule has 0 N–H and O–H groups in total. The number of hydrogen-bond acceptors (Lipinski definition) is 6. The van der Waals surface area contributed by atoms with Crippen molar-refractivity contribution in [2.24, 2.45) is 0 Å². The van der Waals surface area contributed by atoms with E-state index in [1.165, 1.54) is 23.1 Å². The third-order valence-electron chi connectivity index (χ3n) is 8.52. The van der Waals surface area contributed by atoms with Crippen molar-refractivity contribution in [1.29, 1.82) is 0 Å². The van der Waals surface area contributed by atoms with Crippen LogP contribution < -0.4 is 0 Å². The molecule has 1 saturated carbocycles. The van der Waals surface area contributed by atoms with E-state index in [-0.39, 0.29) is 41.2 Å². The standard InChI is InChI=1S/C33H29F4N5O3/c1-2-3-12-41-18-38-40-30(41)24-16-22(34)10-11-23(24)20-6-4-7-21(15-20)31-39-26-14-19(13-25(29(26)45-31)33(35,36)37)17-42-27-8-5-9-28(27)44-32(42)43/h4,6-7,10-11,13-16,18,27-28H,2-3,5,8-9,12,17H2,1H3/t27-,28+/m1/s1. The summed E-state index contributed by atoms with van der Waals surface area (Å²) >= 11 is 0. The Balaban J connectivity index is 1.27. The zero-order chi connectivity index (χ0) is 31.3. The molecule has 8 nitrogen and oxygen atoms in total. The van der Waals surface area contributed by atoms with Crippen molar-refractivity contribution in [3.63, 3.8) is 0 Å². The second-order valence-corrected chi connectivity index (χ2v) is 11.5. The van der Waals surface area contributed by atoms with Gasteiger partial charge in [-0.1, -0.05) is 31.5 Å². The zero-order valence-electron chi connectivity index (χ0n) is 24.4. The van der Waals surface area contributed by atoms with Crippen LogP contribution in [0.15, 0.2) is 65.3 Å². The van der Waals surface area contributed by atoms with Crippen LogP contribution in [-0.4, -0.2) is 42.9 Å². The van der Waals surface area contributed by atoms with E-state index in [9.17, 15) is 22.4 Å². The lowest BCUT2D eigenvalue weighted by Gasteiger charge is -2.20. The molecule has 0 bridgehead atoms. The first-order valence-electron chi connectivity index (χ1n) is 15.0. The second-order valence-electron chi connectivity index (χ2n) is 11.5. The number of ether oxygens (including phenoxy) is 1. The molecule has 0 radical (unpaired) electrons. The SMILES string of the molecule is CCCCn1cnnc1-c1cc(F)ccc1-c1cccc(-c2nc3cc(CN4C(=O)O[C@H]5CCC[C@H]54)cc(C(F)(F)F)c3o2)c1. The maximum atomic E-state index is 14.5.